The van der Waals surface area contributed by atoms with E-state index in [1.807, 2.05) is 61.4 Å². The molecule has 0 aliphatic heterocycles. The van der Waals surface area contributed by atoms with Gasteiger partial charge in [-0.25, -0.2) is 0 Å². The van der Waals surface area contributed by atoms with E-state index < -0.39 is 0 Å². The fourth-order valence-corrected chi connectivity index (χ4v) is 4.75. The summed E-state index contributed by atoms with van der Waals surface area (Å²) < 4.78 is 0. The van der Waals surface area contributed by atoms with Crippen molar-refractivity contribution in [2.45, 2.75) is 0 Å². The molecule has 0 saturated heterocycles. The molecular weight excluding hydrogens is 418 g/mol. The van der Waals surface area contributed by atoms with Gasteiger partial charge in [-0.05, 0) is 41.5 Å². The summed E-state index contributed by atoms with van der Waals surface area (Å²) in [4.78, 5) is 23.1. The number of nitrogens with zero attached hydrogens (tertiary/aromatic N) is 5. The average molecular weight is 435 g/mol. The van der Waals surface area contributed by atoms with E-state index >= 15 is 0 Å². The van der Waals surface area contributed by atoms with Gasteiger partial charge in [0.2, 0.25) is 0 Å². The highest BCUT2D eigenvalue weighted by Crippen LogP contribution is 2.35. The summed E-state index contributed by atoms with van der Waals surface area (Å²) in [6, 6.07) is 22.7. The molecule has 5 heteroatoms. The first-order chi connectivity index (χ1) is 16.9. The first-order valence-electron chi connectivity index (χ1n) is 11.1. The third kappa shape index (κ3) is 2.84. The lowest BCUT2D eigenvalue weighted by Gasteiger charge is -2.11. The van der Waals surface area contributed by atoms with Gasteiger partial charge in [-0.3, -0.25) is 24.9 Å². The normalized spacial score (nSPS) is 11.5. The molecule has 7 aromatic rings. The topological polar surface area (TPSA) is 64.5 Å². The van der Waals surface area contributed by atoms with Crippen molar-refractivity contribution in [3.63, 3.8) is 0 Å². The molecule has 0 amide bonds. The Morgan fingerprint density at radius 1 is 0.441 bits per heavy atom. The van der Waals surface area contributed by atoms with Gasteiger partial charge in [-0.1, -0.05) is 36.4 Å². The second-order valence-electron chi connectivity index (χ2n) is 8.25. The molecule has 0 bridgehead atoms. The van der Waals surface area contributed by atoms with Crippen LogP contribution in [-0.2, 0) is 0 Å². The van der Waals surface area contributed by atoms with Crippen LogP contribution in [-0.4, -0.2) is 24.9 Å². The summed E-state index contributed by atoms with van der Waals surface area (Å²) in [5, 5.41) is 4.27. The van der Waals surface area contributed by atoms with Crippen molar-refractivity contribution in [1.29, 1.82) is 0 Å². The minimum absolute atomic E-state index is 0.896. The van der Waals surface area contributed by atoms with Crippen LogP contribution in [0, 0.1) is 0 Å². The van der Waals surface area contributed by atoms with E-state index in [1.165, 1.54) is 0 Å². The summed E-state index contributed by atoms with van der Waals surface area (Å²) in [6.07, 6.45) is 11.1. The third-order valence-electron chi connectivity index (χ3n) is 6.33. The zero-order valence-corrected chi connectivity index (χ0v) is 18.1. The minimum Gasteiger partial charge on any atom is -0.263 e. The zero-order chi connectivity index (χ0) is 22.5. The standard InChI is InChI=1S/C29H17N5/c1-3-18-5-7-24-22(9-13-33-28(24)26(18)31-11-1)20-15-21(17-30-16-20)23-10-14-34-29-25(23)8-6-19-4-2-12-32-27(19)29/h1-17H. The van der Waals surface area contributed by atoms with Gasteiger partial charge in [0.15, 0.2) is 0 Å². The first-order valence-corrected chi connectivity index (χ1v) is 11.1. The monoisotopic (exact) mass is 435 g/mol. The molecule has 7 rings (SSSR count). The lowest BCUT2D eigenvalue weighted by molar-refractivity contribution is 1.32. The number of fused-ring (bicyclic) bond motifs is 6. The van der Waals surface area contributed by atoms with Gasteiger partial charge in [0.25, 0.3) is 0 Å². The van der Waals surface area contributed by atoms with Crippen LogP contribution in [0.15, 0.2) is 104 Å². The highest BCUT2D eigenvalue weighted by Gasteiger charge is 2.12. The Labute approximate surface area is 194 Å². The molecule has 0 aliphatic rings. The summed E-state index contributed by atoms with van der Waals surface area (Å²) >= 11 is 0. The Kier molecular flexibility index (Phi) is 4.08. The molecule has 0 saturated carbocycles. The second kappa shape index (κ2) is 7.39. The molecular formula is C29H17N5. The van der Waals surface area contributed by atoms with Crippen molar-refractivity contribution < 1.29 is 0 Å². The SMILES string of the molecule is c1cnc2c(c1)ccc1c(-c3cncc(-c4ccnc5c4ccc4cccnc45)c3)ccnc12. The largest absolute Gasteiger partial charge is 0.263 e. The van der Waals surface area contributed by atoms with Crippen LogP contribution in [0.4, 0.5) is 0 Å². The molecule has 34 heavy (non-hydrogen) atoms. The van der Waals surface area contributed by atoms with Crippen LogP contribution in [0.25, 0.3) is 65.9 Å². The smallest absolute Gasteiger partial charge is 0.0970 e. The Bertz CT molecular complexity index is 1740. The second-order valence-corrected chi connectivity index (χ2v) is 8.25. The Balaban J connectivity index is 1.44. The van der Waals surface area contributed by atoms with E-state index in [4.69, 9.17) is 0 Å². The number of benzene rings is 2. The highest BCUT2D eigenvalue weighted by atomic mass is 14.7. The van der Waals surface area contributed by atoms with Crippen molar-refractivity contribution in [2.24, 2.45) is 0 Å². The van der Waals surface area contributed by atoms with E-state index in [1.54, 1.807) is 0 Å². The Hall–Kier alpha value is -4.77. The Morgan fingerprint density at radius 2 is 0.941 bits per heavy atom. The van der Waals surface area contributed by atoms with Gasteiger partial charge in [0, 0.05) is 69.9 Å². The van der Waals surface area contributed by atoms with Gasteiger partial charge in [0.1, 0.15) is 0 Å². The van der Waals surface area contributed by atoms with Gasteiger partial charge >= 0.3 is 0 Å². The maximum atomic E-state index is 4.65. The van der Waals surface area contributed by atoms with Crippen LogP contribution in [0.3, 0.4) is 0 Å². The first kappa shape index (κ1) is 18.8. The molecule has 158 valence electrons. The van der Waals surface area contributed by atoms with Gasteiger partial charge < -0.3 is 0 Å². The predicted molar refractivity (Wildman–Crippen MR) is 136 cm³/mol. The van der Waals surface area contributed by atoms with Crippen molar-refractivity contribution in [3.8, 4) is 22.3 Å². The fourth-order valence-electron chi connectivity index (χ4n) is 4.75. The van der Waals surface area contributed by atoms with Crippen LogP contribution in [0.5, 0.6) is 0 Å². The lowest BCUT2D eigenvalue weighted by atomic mass is 9.96. The quantitative estimate of drug-likeness (QED) is 0.286. The Morgan fingerprint density at radius 3 is 1.47 bits per heavy atom. The lowest BCUT2D eigenvalue weighted by Crippen LogP contribution is -1.91. The van der Waals surface area contributed by atoms with E-state index in [9.17, 15) is 0 Å². The minimum atomic E-state index is 0.896. The highest BCUT2D eigenvalue weighted by molar-refractivity contribution is 6.09. The summed E-state index contributed by atoms with van der Waals surface area (Å²) in [7, 11) is 0. The number of hydrogen-bond acceptors (Lipinski definition) is 5. The molecule has 0 fully saturated rings. The van der Waals surface area contributed by atoms with Gasteiger partial charge in [-0.2, -0.15) is 0 Å². The van der Waals surface area contributed by atoms with Gasteiger partial charge in [0.05, 0.1) is 22.1 Å². The average Bonchev–Trinajstić information content (AvgIpc) is 2.92. The molecule has 5 heterocycles. The summed E-state index contributed by atoms with van der Waals surface area (Å²) in [5.74, 6) is 0. The number of aromatic nitrogens is 5. The molecule has 0 aliphatic carbocycles. The molecule has 5 aromatic heterocycles. The van der Waals surface area contributed by atoms with Crippen molar-refractivity contribution in [3.05, 3.63) is 104 Å². The molecule has 0 spiro atoms. The molecule has 0 N–H and O–H groups in total. The third-order valence-corrected chi connectivity index (χ3v) is 6.33. The van der Waals surface area contributed by atoms with Crippen molar-refractivity contribution >= 4 is 43.6 Å². The molecule has 0 unspecified atom stereocenters. The predicted octanol–water partition coefficient (Wildman–Crippen LogP) is 6.61. The van der Waals surface area contributed by atoms with Gasteiger partial charge in [-0.15, -0.1) is 0 Å². The summed E-state index contributed by atoms with van der Waals surface area (Å²) in [5.41, 5.74) is 7.83. The van der Waals surface area contributed by atoms with E-state index in [0.717, 1.165) is 65.9 Å². The number of rotatable bonds is 2. The van der Waals surface area contributed by atoms with E-state index in [-0.39, 0.29) is 0 Å². The van der Waals surface area contributed by atoms with Crippen LogP contribution in [0.2, 0.25) is 0 Å². The molecule has 0 atom stereocenters. The van der Waals surface area contributed by atoms with Crippen molar-refractivity contribution in [2.75, 3.05) is 0 Å². The number of hydrogen-bond donors (Lipinski definition) is 0. The summed E-state index contributed by atoms with van der Waals surface area (Å²) in [6.45, 7) is 0. The molecule has 2 aromatic carbocycles. The van der Waals surface area contributed by atoms with Crippen LogP contribution >= 0.6 is 0 Å². The maximum absolute atomic E-state index is 4.65. The number of pyridine rings is 5. The maximum Gasteiger partial charge on any atom is 0.0970 e. The molecule has 5 nitrogen and oxygen atoms in total. The van der Waals surface area contributed by atoms with Crippen molar-refractivity contribution in [1.82, 2.24) is 24.9 Å². The van der Waals surface area contributed by atoms with Crippen LogP contribution in [0.1, 0.15) is 0 Å². The fraction of sp³-hybridized carbons (Fsp3) is 0. The molecule has 0 radical (unpaired) electrons. The zero-order valence-electron chi connectivity index (χ0n) is 18.1. The van der Waals surface area contributed by atoms with Crippen LogP contribution < -0.4 is 0 Å². The van der Waals surface area contributed by atoms with E-state index in [2.05, 4.69) is 67.4 Å². The van der Waals surface area contributed by atoms with E-state index in [0.29, 0.717) is 0 Å².